The largest absolute Gasteiger partial charge is 0.353 e. The van der Waals surface area contributed by atoms with E-state index in [-0.39, 0.29) is 0 Å². The molecule has 27 heavy (non-hydrogen) atoms. The molecule has 1 N–H and O–H groups in total. The molecule has 1 aliphatic rings. The third kappa shape index (κ3) is 3.97. The summed E-state index contributed by atoms with van der Waals surface area (Å²) in [6.45, 7) is 7.62. The Bertz CT molecular complexity index is 905. The summed E-state index contributed by atoms with van der Waals surface area (Å²) >= 11 is 0. The van der Waals surface area contributed by atoms with Gasteiger partial charge in [0.1, 0.15) is 5.82 Å². The van der Waals surface area contributed by atoms with E-state index in [2.05, 4.69) is 67.3 Å². The molecule has 3 heterocycles. The average Bonchev–Trinajstić information content (AvgIpc) is 2.71. The fraction of sp³-hybridized carbons (Fsp3) is 0.300. The maximum Gasteiger partial charge on any atom is 0.247 e. The molecule has 7 nitrogen and oxygen atoms in total. The summed E-state index contributed by atoms with van der Waals surface area (Å²) in [4.78, 5) is 13.5. The minimum atomic E-state index is 0.658. The lowest BCUT2D eigenvalue weighted by molar-refractivity contribution is 0.630. The quantitative estimate of drug-likeness (QED) is 0.766. The lowest BCUT2D eigenvalue weighted by atomic mass is 10.1. The number of pyridine rings is 1. The SMILES string of the molecule is Cc1ccc(Nc2cnnc(N3CCN(c4ccccn4)CC3)n2)c(C)c1. The molecule has 1 aliphatic heterocycles. The molecule has 0 atom stereocenters. The van der Waals surface area contributed by atoms with Crippen LogP contribution in [-0.2, 0) is 0 Å². The second-order valence-corrected chi connectivity index (χ2v) is 6.75. The summed E-state index contributed by atoms with van der Waals surface area (Å²) in [5.74, 6) is 2.38. The van der Waals surface area contributed by atoms with Gasteiger partial charge in [-0.2, -0.15) is 10.1 Å². The molecule has 4 rings (SSSR count). The van der Waals surface area contributed by atoms with Crippen LogP contribution in [0.25, 0.3) is 0 Å². The van der Waals surface area contributed by atoms with Gasteiger partial charge in [-0.05, 0) is 37.6 Å². The molecular formula is C20H23N7. The maximum absolute atomic E-state index is 4.66. The Hall–Kier alpha value is -3.22. The number of hydrogen-bond donors (Lipinski definition) is 1. The van der Waals surface area contributed by atoms with Gasteiger partial charge in [-0.15, -0.1) is 5.10 Å². The highest BCUT2D eigenvalue weighted by Gasteiger charge is 2.20. The fourth-order valence-corrected chi connectivity index (χ4v) is 3.26. The van der Waals surface area contributed by atoms with Crippen molar-refractivity contribution in [3.05, 3.63) is 59.9 Å². The molecule has 3 aromatic rings. The first kappa shape index (κ1) is 17.2. The summed E-state index contributed by atoms with van der Waals surface area (Å²) in [6, 6.07) is 12.3. The standard InChI is InChI=1S/C20H23N7/c1-15-6-7-17(16(2)13-15)23-18-14-22-25-20(24-18)27-11-9-26(10-12-27)19-5-3-4-8-21-19/h3-8,13-14H,9-12H2,1-2H3,(H,23,24,25). The van der Waals surface area contributed by atoms with Gasteiger partial charge < -0.3 is 15.1 Å². The Balaban J connectivity index is 1.44. The van der Waals surface area contributed by atoms with Crippen molar-refractivity contribution < 1.29 is 0 Å². The van der Waals surface area contributed by atoms with E-state index >= 15 is 0 Å². The number of nitrogens with one attached hydrogen (secondary N) is 1. The molecule has 1 aromatic carbocycles. The molecular weight excluding hydrogens is 338 g/mol. The van der Waals surface area contributed by atoms with Crippen molar-refractivity contribution in [3.8, 4) is 0 Å². The summed E-state index contributed by atoms with van der Waals surface area (Å²) < 4.78 is 0. The minimum Gasteiger partial charge on any atom is -0.353 e. The van der Waals surface area contributed by atoms with E-state index in [1.54, 1.807) is 6.20 Å². The van der Waals surface area contributed by atoms with Crippen LogP contribution in [0.3, 0.4) is 0 Å². The minimum absolute atomic E-state index is 0.658. The predicted octanol–water partition coefficient (Wildman–Crippen LogP) is 2.95. The molecule has 0 radical (unpaired) electrons. The topological polar surface area (TPSA) is 70.1 Å². The summed E-state index contributed by atoms with van der Waals surface area (Å²) in [5.41, 5.74) is 3.46. The third-order valence-electron chi connectivity index (χ3n) is 4.73. The van der Waals surface area contributed by atoms with Crippen LogP contribution in [0.2, 0.25) is 0 Å². The van der Waals surface area contributed by atoms with Gasteiger partial charge >= 0.3 is 0 Å². The van der Waals surface area contributed by atoms with Gasteiger partial charge in [0.15, 0.2) is 5.82 Å². The molecule has 1 fully saturated rings. The number of piperazine rings is 1. The van der Waals surface area contributed by atoms with Crippen molar-refractivity contribution in [1.29, 1.82) is 0 Å². The van der Waals surface area contributed by atoms with Gasteiger partial charge in [0, 0.05) is 38.1 Å². The predicted molar refractivity (Wildman–Crippen MR) is 108 cm³/mol. The Labute approximate surface area is 159 Å². The number of anilines is 4. The second kappa shape index (κ2) is 7.57. The van der Waals surface area contributed by atoms with Crippen LogP contribution in [0.4, 0.5) is 23.3 Å². The first-order valence-electron chi connectivity index (χ1n) is 9.14. The fourth-order valence-electron chi connectivity index (χ4n) is 3.26. The van der Waals surface area contributed by atoms with Crippen molar-refractivity contribution in [2.75, 3.05) is 41.3 Å². The summed E-state index contributed by atoms with van der Waals surface area (Å²) in [5, 5.41) is 11.7. The summed E-state index contributed by atoms with van der Waals surface area (Å²) in [6.07, 6.45) is 3.49. The van der Waals surface area contributed by atoms with E-state index in [0.29, 0.717) is 11.8 Å². The lowest BCUT2D eigenvalue weighted by Crippen LogP contribution is -2.47. The molecule has 1 saturated heterocycles. The molecule has 0 saturated carbocycles. The maximum atomic E-state index is 4.66. The van der Waals surface area contributed by atoms with Crippen LogP contribution in [0.5, 0.6) is 0 Å². The average molecular weight is 361 g/mol. The number of rotatable bonds is 4. The highest BCUT2D eigenvalue weighted by molar-refractivity contribution is 5.61. The lowest BCUT2D eigenvalue weighted by Gasteiger charge is -2.35. The zero-order valence-corrected chi connectivity index (χ0v) is 15.6. The number of benzene rings is 1. The van der Waals surface area contributed by atoms with Crippen LogP contribution in [-0.4, -0.2) is 46.3 Å². The van der Waals surface area contributed by atoms with Gasteiger partial charge in [-0.1, -0.05) is 23.8 Å². The van der Waals surface area contributed by atoms with Gasteiger partial charge in [0.2, 0.25) is 5.95 Å². The van der Waals surface area contributed by atoms with Crippen molar-refractivity contribution >= 4 is 23.3 Å². The molecule has 2 aromatic heterocycles. The van der Waals surface area contributed by atoms with Crippen LogP contribution in [0.15, 0.2) is 48.8 Å². The Kier molecular flexibility index (Phi) is 4.82. The Morgan fingerprint density at radius 1 is 0.963 bits per heavy atom. The highest BCUT2D eigenvalue weighted by Crippen LogP contribution is 2.21. The van der Waals surface area contributed by atoms with Crippen LogP contribution in [0.1, 0.15) is 11.1 Å². The van der Waals surface area contributed by atoms with E-state index in [4.69, 9.17) is 0 Å². The van der Waals surface area contributed by atoms with E-state index in [1.807, 2.05) is 24.4 Å². The molecule has 0 amide bonds. The van der Waals surface area contributed by atoms with Crippen molar-refractivity contribution in [2.24, 2.45) is 0 Å². The van der Waals surface area contributed by atoms with Crippen molar-refractivity contribution in [3.63, 3.8) is 0 Å². The van der Waals surface area contributed by atoms with Gasteiger partial charge in [-0.3, -0.25) is 0 Å². The number of hydrogen-bond acceptors (Lipinski definition) is 7. The summed E-state index contributed by atoms with van der Waals surface area (Å²) in [7, 11) is 0. The molecule has 0 aliphatic carbocycles. The number of aryl methyl sites for hydroxylation is 2. The normalized spacial score (nSPS) is 14.3. The smallest absolute Gasteiger partial charge is 0.247 e. The van der Waals surface area contributed by atoms with Gasteiger partial charge in [0.25, 0.3) is 0 Å². The second-order valence-electron chi connectivity index (χ2n) is 6.75. The van der Waals surface area contributed by atoms with Crippen molar-refractivity contribution in [2.45, 2.75) is 13.8 Å². The Morgan fingerprint density at radius 3 is 2.52 bits per heavy atom. The van der Waals surface area contributed by atoms with E-state index in [0.717, 1.165) is 37.7 Å². The van der Waals surface area contributed by atoms with E-state index in [9.17, 15) is 0 Å². The van der Waals surface area contributed by atoms with Gasteiger partial charge in [0.05, 0.1) is 6.20 Å². The first-order chi connectivity index (χ1) is 13.2. The molecule has 0 unspecified atom stereocenters. The van der Waals surface area contributed by atoms with E-state index in [1.165, 1.54) is 11.1 Å². The van der Waals surface area contributed by atoms with Gasteiger partial charge in [-0.25, -0.2) is 4.98 Å². The van der Waals surface area contributed by atoms with Crippen LogP contribution < -0.4 is 15.1 Å². The van der Waals surface area contributed by atoms with Crippen molar-refractivity contribution in [1.82, 2.24) is 20.2 Å². The third-order valence-corrected chi connectivity index (χ3v) is 4.73. The molecule has 0 spiro atoms. The van der Waals surface area contributed by atoms with Crippen LogP contribution in [0, 0.1) is 13.8 Å². The molecule has 138 valence electrons. The zero-order chi connectivity index (χ0) is 18.6. The Morgan fingerprint density at radius 2 is 1.78 bits per heavy atom. The molecule has 7 heteroatoms. The highest BCUT2D eigenvalue weighted by atomic mass is 15.4. The van der Waals surface area contributed by atoms with E-state index < -0.39 is 0 Å². The monoisotopic (exact) mass is 361 g/mol. The number of aromatic nitrogens is 4. The first-order valence-corrected chi connectivity index (χ1v) is 9.14. The zero-order valence-electron chi connectivity index (χ0n) is 15.6. The van der Waals surface area contributed by atoms with Crippen LogP contribution >= 0.6 is 0 Å². The number of nitrogens with zero attached hydrogens (tertiary/aromatic N) is 6. The molecule has 0 bridgehead atoms.